The van der Waals surface area contributed by atoms with Crippen LogP contribution >= 0.6 is 0 Å². The fourth-order valence-corrected chi connectivity index (χ4v) is 3.39. The molecular weight excluding hydrogens is 250 g/mol. The summed E-state index contributed by atoms with van der Waals surface area (Å²) in [4.78, 5) is 16.9. The largest absolute Gasteiger partial charge is 0.342 e. The van der Waals surface area contributed by atoms with Crippen molar-refractivity contribution in [1.29, 1.82) is 0 Å². The molecule has 2 aliphatic rings. The van der Waals surface area contributed by atoms with E-state index in [4.69, 9.17) is 0 Å². The Morgan fingerprint density at radius 1 is 1.10 bits per heavy atom. The van der Waals surface area contributed by atoms with Crippen molar-refractivity contribution in [2.75, 3.05) is 45.8 Å². The first-order chi connectivity index (χ1) is 9.66. The van der Waals surface area contributed by atoms with Gasteiger partial charge in [0.2, 0.25) is 5.91 Å². The SMILES string of the molecule is CC(C)C1CCCN(C(=O)CN2CCCNCC2)CC1. The minimum absolute atomic E-state index is 0.344. The van der Waals surface area contributed by atoms with Gasteiger partial charge in [-0.3, -0.25) is 9.69 Å². The lowest BCUT2D eigenvalue weighted by molar-refractivity contribution is -0.132. The van der Waals surface area contributed by atoms with Crippen molar-refractivity contribution < 1.29 is 4.79 Å². The summed E-state index contributed by atoms with van der Waals surface area (Å²) in [5.74, 6) is 1.90. The van der Waals surface area contributed by atoms with Gasteiger partial charge in [-0.25, -0.2) is 0 Å². The molecule has 0 saturated carbocycles. The summed E-state index contributed by atoms with van der Waals surface area (Å²) in [6, 6.07) is 0. The molecule has 0 aliphatic carbocycles. The Balaban J connectivity index is 1.79. The minimum Gasteiger partial charge on any atom is -0.342 e. The van der Waals surface area contributed by atoms with Gasteiger partial charge in [-0.15, -0.1) is 0 Å². The predicted octanol–water partition coefficient (Wildman–Crippen LogP) is 1.57. The standard InChI is InChI=1S/C16H31N3O/c1-14(2)15-5-3-10-19(11-6-15)16(20)13-18-9-4-7-17-8-12-18/h14-15,17H,3-13H2,1-2H3. The minimum atomic E-state index is 0.344. The van der Waals surface area contributed by atoms with Crippen LogP contribution in [0.15, 0.2) is 0 Å². The van der Waals surface area contributed by atoms with Crippen LogP contribution in [0.25, 0.3) is 0 Å². The summed E-state index contributed by atoms with van der Waals surface area (Å²) in [6.45, 7) is 11.3. The zero-order chi connectivity index (χ0) is 14.4. The fourth-order valence-electron chi connectivity index (χ4n) is 3.39. The van der Waals surface area contributed by atoms with Crippen molar-refractivity contribution >= 4 is 5.91 Å². The van der Waals surface area contributed by atoms with Gasteiger partial charge in [0.25, 0.3) is 0 Å². The second kappa shape index (κ2) is 7.99. The van der Waals surface area contributed by atoms with Crippen LogP contribution < -0.4 is 5.32 Å². The van der Waals surface area contributed by atoms with Gasteiger partial charge >= 0.3 is 0 Å². The third-order valence-electron chi connectivity index (χ3n) is 4.86. The summed E-state index contributed by atoms with van der Waals surface area (Å²) in [5, 5.41) is 3.39. The summed E-state index contributed by atoms with van der Waals surface area (Å²) in [7, 11) is 0. The van der Waals surface area contributed by atoms with Crippen LogP contribution in [0.5, 0.6) is 0 Å². The van der Waals surface area contributed by atoms with E-state index in [0.717, 1.165) is 57.5 Å². The molecule has 2 heterocycles. The third-order valence-corrected chi connectivity index (χ3v) is 4.86. The van der Waals surface area contributed by atoms with E-state index in [-0.39, 0.29) is 0 Å². The van der Waals surface area contributed by atoms with E-state index in [1.165, 1.54) is 19.3 Å². The maximum Gasteiger partial charge on any atom is 0.236 e. The average molecular weight is 281 g/mol. The van der Waals surface area contributed by atoms with Crippen LogP contribution in [0.3, 0.4) is 0 Å². The molecule has 2 fully saturated rings. The first-order valence-corrected chi connectivity index (χ1v) is 8.37. The van der Waals surface area contributed by atoms with E-state index < -0.39 is 0 Å². The number of hydrogen-bond acceptors (Lipinski definition) is 3. The quantitative estimate of drug-likeness (QED) is 0.853. The molecule has 4 heteroatoms. The van der Waals surface area contributed by atoms with Gasteiger partial charge in [0.05, 0.1) is 6.54 Å². The molecule has 20 heavy (non-hydrogen) atoms. The van der Waals surface area contributed by atoms with Crippen molar-refractivity contribution in [3.8, 4) is 0 Å². The molecule has 0 bridgehead atoms. The summed E-state index contributed by atoms with van der Waals surface area (Å²) >= 11 is 0. The number of amides is 1. The Morgan fingerprint density at radius 2 is 1.95 bits per heavy atom. The molecule has 2 rings (SSSR count). The van der Waals surface area contributed by atoms with E-state index in [9.17, 15) is 4.79 Å². The van der Waals surface area contributed by atoms with E-state index in [1.807, 2.05) is 0 Å². The highest BCUT2D eigenvalue weighted by Gasteiger charge is 2.23. The van der Waals surface area contributed by atoms with Gasteiger partial charge in [0.15, 0.2) is 0 Å². The molecule has 0 aromatic heterocycles. The molecule has 2 saturated heterocycles. The molecule has 0 spiro atoms. The van der Waals surface area contributed by atoms with Gasteiger partial charge in [-0.2, -0.15) is 0 Å². The molecule has 1 atom stereocenters. The lowest BCUT2D eigenvalue weighted by Crippen LogP contribution is -2.42. The number of rotatable bonds is 3. The van der Waals surface area contributed by atoms with Crippen molar-refractivity contribution in [2.45, 2.75) is 39.5 Å². The Hall–Kier alpha value is -0.610. The Kier molecular flexibility index (Phi) is 6.30. The van der Waals surface area contributed by atoms with Crippen LogP contribution in [-0.4, -0.2) is 61.5 Å². The molecular formula is C16H31N3O. The first-order valence-electron chi connectivity index (χ1n) is 8.37. The third kappa shape index (κ3) is 4.74. The molecule has 1 unspecified atom stereocenters. The van der Waals surface area contributed by atoms with Crippen molar-refractivity contribution in [1.82, 2.24) is 15.1 Å². The summed E-state index contributed by atoms with van der Waals surface area (Å²) < 4.78 is 0. The van der Waals surface area contributed by atoms with Gasteiger partial charge in [-0.05, 0) is 50.6 Å². The Labute approximate surface area is 123 Å². The maximum atomic E-state index is 12.5. The zero-order valence-corrected chi connectivity index (χ0v) is 13.2. The number of carbonyl (C=O) groups is 1. The second-order valence-corrected chi connectivity index (χ2v) is 6.70. The Bertz CT molecular complexity index is 298. The predicted molar refractivity (Wildman–Crippen MR) is 82.7 cm³/mol. The highest BCUT2D eigenvalue weighted by molar-refractivity contribution is 5.78. The van der Waals surface area contributed by atoms with Crippen LogP contribution in [0.1, 0.15) is 39.5 Å². The topological polar surface area (TPSA) is 35.6 Å². The van der Waals surface area contributed by atoms with Gasteiger partial charge in [-0.1, -0.05) is 13.8 Å². The number of carbonyl (C=O) groups excluding carboxylic acids is 1. The zero-order valence-electron chi connectivity index (χ0n) is 13.2. The second-order valence-electron chi connectivity index (χ2n) is 6.70. The molecule has 0 aromatic rings. The van der Waals surface area contributed by atoms with Crippen LogP contribution in [0, 0.1) is 11.8 Å². The number of likely N-dealkylation sites (tertiary alicyclic amines) is 1. The van der Waals surface area contributed by atoms with E-state index in [2.05, 4.69) is 29.0 Å². The summed E-state index contributed by atoms with van der Waals surface area (Å²) in [5.41, 5.74) is 0. The molecule has 1 N–H and O–H groups in total. The first kappa shape index (κ1) is 15.8. The molecule has 1 amide bonds. The van der Waals surface area contributed by atoms with Gasteiger partial charge in [0, 0.05) is 26.2 Å². The highest BCUT2D eigenvalue weighted by atomic mass is 16.2. The number of hydrogen-bond donors (Lipinski definition) is 1. The fraction of sp³-hybridized carbons (Fsp3) is 0.938. The van der Waals surface area contributed by atoms with Crippen molar-refractivity contribution in [2.24, 2.45) is 11.8 Å². The molecule has 0 aromatic carbocycles. The van der Waals surface area contributed by atoms with Gasteiger partial charge in [0.1, 0.15) is 0 Å². The van der Waals surface area contributed by atoms with Crippen LogP contribution in [-0.2, 0) is 4.79 Å². The summed E-state index contributed by atoms with van der Waals surface area (Å²) in [6.07, 6.45) is 4.80. The molecule has 4 nitrogen and oxygen atoms in total. The molecule has 2 aliphatic heterocycles. The lowest BCUT2D eigenvalue weighted by Gasteiger charge is -2.25. The van der Waals surface area contributed by atoms with Crippen LogP contribution in [0.4, 0.5) is 0 Å². The van der Waals surface area contributed by atoms with Gasteiger partial charge < -0.3 is 10.2 Å². The van der Waals surface area contributed by atoms with Crippen molar-refractivity contribution in [3.05, 3.63) is 0 Å². The molecule has 0 radical (unpaired) electrons. The Morgan fingerprint density at radius 3 is 2.75 bits per heavy atom. The number of nitrogens with one attached hydrogen (secondary N) is 1. The van der Waals surface area contributed by atoms with Crippen molar-refractivity contribution in [3.63, 3.8) is 0 Å². The van der Waals surface area contributed by atoms with Crippen LogP contribution in [0.2, 0.25) is 0 Å². The van der Waals surface area contributed by atoms with E-state index in [0.29, 0.717) is 12.5 Å². The smallest absolute Gasteiger partial charge is 0.236 e. The normalized spacial score (nSPS) is 26.4. The maximum absolute atomic E-state index is 12.5. The number of nitrogens with zero attached hydrogens (tertiary/aromatic N) is 2. The lowest BCUT2D eigenvalue weighted by atomic mass is 9.89. The molecule has 116 valence electrons. The highest BCUT2D eigenvalue weighted by Crippen LogP contribution is 2.24. The monoisotopic (exact) mass is 281 g/mol. The van der Waals surface area contributed by atoms with E-state index in [1.54, 1.807) is 0 Å². The average Bonchev–Trinajstić information content (AvgIpc) is 2.80. The van der Waals surface area contributed by atoms with E-state index >= 15 is 0 Å².